The van der Waals surface area contributed by atoms with Crippen LogP contribution >= 0.6 is 0 Å². The van der Waals surface area contributed by atoms with Crippen LogP contribution in [0.1, 0.15) is 84.1 Å². The number of rotatable bonds is 15. The van der Waals surface area contributed by atoms with Crippen LogP contribution in [-0.4, -0.2) is 44.2 Å². The van der Waals surface area contributed by atoms with Crippen LogP contribution in [0.2, 0.25) is 18.1 Å². The molecule has 0 spiro atoms. The van der Waals surface area contributed by atoms with Gasteiger partial charge in [0.2, 0.25) is 5.89 Å². The lowest BCUT2D eigenvalue weighted by Crippen LogP contribution is -2.44. The summed E-state index contributed by atoms with van der Waals surface area (Å²) in [4.78, 5) is 16.6. The van der Waals surface area contributed by atoms with Gasteiger partial charge in [0.05, 0.1) is 31.8 Å². The number of methoxy groups -OCH3 is 1. The molecule has 2 aromatic rings. The molecule has 0 aliphatic carbocycles. The third kappa shape index (κ3) is 10.8. The number of hydrogen-bond acceptors (Lipinski definition) is 8. The summed E-state index contributed by atoms with van der Waals surface area (Å²) in [6.07, 6.45) is 1.85. The van der Waals surface area contributed by atoms with Crippen molar-refractivity contribution in [2.75, 3.05) is 13.7 Å². The van der Waals surface area contributed by atoms with Gasteiger partial charge in [-0.25, -0.2) is 4.98 Å². The van der Waals surface area contributed by atoms with Crippen molar-refractivity contribution in [2.24, 2.45) is 5.41 Å². The molecule has 0 saturated heterocycles. The number of aromatic nitrogens is 1. The fourth-order valence-electron chi connectivity index (χ4n) is 3.60. The molecule has 8 nitrogen and oxygen atoms in total. The molecule has 1 N–H and O–H groups in total. The number of oxazole rings is 1. The van der Waals surface area contributed by atoms with E-state index in [4.69, 9.17) is 23.1 Å². The Bertz CT molecular complexity index is 1080. The fourth-order valence-corrected chi connectivity index (χ4v) is 4.99. The van der Waals surface area contributed by atoms with Crippen LogP contribution in [-0.2, 0) is 31.9 Å². The van der Waals surface area contributed by atoms with Gasteiger partial charge in [-0.2, -0.15) is 0 Å². The Hall–Kier alpha value is -2.46. The second kappa shape index (κ2) is 14.4. The number of carbonyl (C=O) groups excluding carboxylic acids is 1. The molecule has 40 heavy (non-hydrogen) atoms. The van der Waals surface area contributed by atoms with Crippen LogP contribution in [0.4, 0.5) is 0 Å². The molecule has 0 aliphatic heterocycles. The van der Waals surface area contributed by atoms with Crippen LogP contribution in [0.15, 0.2) is 47.1 Å². The van der Waals surface area contributed by atoms with Crippen molar-refractivity contribution in [1.29, 1.82) is 0 Å². The van der Waals surface area contributed by atoms with Gasteiger partial charge in [-0.3, -0.25) is 4.79 Å². The van der Waals surface area contributed by atoms with Gasteiger partial charge in [0, 0.05) is 6.42 Å². The maximum atomic E-state index is 12.2. The average Bonchev–Trinajstić information content (AvgIpc) is 3.32. The Kier molecular flexibility index (Phi) is 12.2. The van der Waals surface area contributed by atoms with E-state index in [1.807, 2.05) is 45.0 Å². The SMILES string of the molecule is C=C(C[C@@H](CCOC(=O)C(C)(C)C)O[Si](C)(C)C(C)(C)C)C[C@@H](O)c1coc(COCc2ccc(OC)cc2)n1. The zero-order valence-corrected chi connectivity index (χ0v) is 26.8. The quantitative estimate of drug-likeness (QED) is 0.136. The fraction of sp³-hybridized carbons (Fsp3) is 0.613. The van der Waals surface area contributed by atoms with Gasteiger partial charge in [0.15, 0.2) is 8.32 Å². The lowest BCUT2D eigenvalue weighted by Gasteiger charge is -2.39. The highest BCUT2D eigenvalue weighted by molar-refractivity contribution is 6.74. The van der Waals surface area contributed by atoms with Gasteiger partial charge in [-0.05, 0) is 69.4 Å². The van der Waals surface area contributed by atoms with Gasteiger partial charge in [0.25, 0.3) is 0 Å². The second-order valence-corrected chi connectivity index (χ2v) is 17.6. The number of aliphatic hydroxyl groups excluding tert-OH is 1. The van der Waals surface area contributed by atoms with E-state index in [2.05, 4.69) is 45.4 Å². The van der Waals surface area contributed by atoms with E-state index in [0.29, 0.717) is 37.5 Å². The van der Waals surface area contributed by atoms with Crippen LogP contribution < -0.4 is 4.74 Å². The van der Waals surface area contributed by atoms with Crippen LogP contribution in [0.25, 0.3) is 0 Å². The zero-order valence-electron chi connectivity index (χ0n) is 25.8. The number of nitrogens with zero attached hydrogens (tertiary/aromatic N) is 1. The van der Waals surface area contributed by atoms with E-state index in [1.165, 1.54) is 6.26 Å². The lowest BCUT2D eigenvalue weighted by atomic mass is 9.97. The Labute approximate surface area is 241 Å². The van der Waals surface area contributed by atoms with Crippen molar-refractivity contribution in [3.8, 4) is 5.75 Å². The molecule has 0 saturated carbocycles. The summed E-state index contributed by atoms with van der Waals surface area (Å²) in [5.74, 6) is 0.953. The third-order valence-corrected chi connectivity index (χ3v) is 11.7. The van der Waals surface area contributed by atoms with Gasteiger partial charge in [-0.15, -0.1) is 0 Å². The summed E-state index contributed by atoms with van der Waals surface area (Å²) in [6, 6.07) is 7.63. The van der Waals surface area contributed by atoms with Gasteiger partial charge in [0.1, 0.15) is 30.4 Å². The Morgan fingerprint density at radius 3 is 2.30 bits per heavy atom. The highest BCUT2D eigenvalue weighted by Gasteiger charge is 2.39. The smallest absolute Gasteiger partial charge is 0.311 e. The molecule has 0 radical (unpaired) electrons. The first-order valence-corrected chi connectivity index (χ1v) is 16.8. The number of hydrogen-bond donors (Lipinski definition) is 1. The summed E-state index contributed by atoms with van der Waals surface area (Å²) >= 11 is 0. The molecule has 9 heteroatoms. The molecule has 0 unspecified atom stereocenters. The monoisotopic (exact) mass is 575 g/mol. The maximum Gasteiger partial charge on any atom is 0.311 e. The number of aliphatic hydroxyl groups is 1. The number of benzene rings is 1. The van der Waals surface area contributed by atoms with Crippen molar-refractivity contribution in [2.45, 2.75) is 104 Å². The van der Waals surface area contributed by atoms with Gasteiger partial charge >= 0.3 is 5.97 Å². The molecule has 2 rings (SSSR count). The van der Waals surface area contributed by atoms with E-state index in [9.17, 15) is 9.90 Å². The van der Waals surface area contributed by atoms with E-state index >= 15 is 0 Å². The largest absolute Gasteiger partial charge is 0.497 e. The summed E-state index contributed by atoms with van der Waals surface area (Å²) in [5, 5.41) is 10.9. The third-order valence-electron chi connectivity index (χ3n) is 7.12. The number of esters is 1. The molecule has 224 valence electrons. The van der Waals surface area contributed by atoms with Crippen LogP contribution in [0.3, 0.4) is 0 Å². The molecular formula is C31H49NO7Si. The van der Waals surface area contributed by atoms with Crippen molar-refractivity contribution in [3.05, 3.63) is 59.8 Å². The van der Waals surface area contributed by atoms with Gasteiger partial charge in [-0.1, -0.05) is 45.1 Å². The molecule has 0 fully saturated rings. The van der Waals surface area contributed by atoms with Crippen molar-refractivity contribution in [1.82, 2.24) is 4.98 Å². The van der Waals surface area contributed by atoms with E-state index in [1.54, 1.807) is 7.11 Å². The molecular weight excluding hydrogens is 526 g/mol. The second-order valence-electron chi connectivity index (χ2n) is 12.9. The predicted molar refractivity (Wildman–Crippen MR) is 158 cm³/mol. The molecule has 1 aromatic carbocycles. The van der Waals surface area contributed by atoms with E-state index in [0.717, 1.165) is 16.9 Å². The van der Waals surface area contributed by atoms with Crippen LogP contribution in [0.5, 0.6) is 5.75 Å². The molecule has 1 heterocycles. The first-order valence-electron chi connectivity index (χ1n) is 13.9. The summed E-state index contributed by atoms with van der Waals surface area (Å²) in [7, 11) is -0.454. The summed E-state index contributed by atoms with van der Waals surface area (Å²) in [6.45, 7) is 21.6. The van der Waals surface area contributed by atoms with Crippen molar-refractivity contribution in [3.63, 3.8) is 0 Å². The predicted octanol–water partition coefficient (Wildman–Crippen LogP) is 7.14. The molecule has 2 atom stereocenters. The van der Waals surface area contributed by atoms with E-state index in [-0.39, 0.29) is 30.3 Å². The number of carbonyl (C=O) groups is 1. The minimum Gasteiger partial charge on any atom is -0.497 e. The molecule has 0 aliphatic rings. The minimum atomic E-state index is -2.08. The molecule has 0 bridgehead atoms. The number of ether oxygens (including phenoxy) is 3. The molecule has 1 aromatic heterocycles. The Balaban J connectivity index is 1.92. The standard InChI is InChI=1S/C31H49NO7Si/c1-22(17-25(39-40(9,10)31(5,6)7)15-16-37-29(34)30(2,3)4)18-27(33)26-20-38-28(32-26)21-36-19-23-11-13-24(35-8)14-12-23/h11-14,20,25,27,33H,1,15-19,21H2,2-10H3/t25-,27-/m1/s1. The maximum absolute atomic E-state index is 12.2. The highest BCUT2D eigenvalue weighted by Crippen LogP contribution is 2.38. The summed E-state index contributed by atoms with van der Waals surface area (Å²) in [5.41, 5.74) is 1.72. The summed E-state index contributed by atoms with van der Waals surface area (Å²) < 4.78 is 28.6. The van der Waals surface area contributed by atoms with Crippen LogP contribution in [0, 0.1) is 5.41 Å². The average molecular weight is 576 g/mol. The highest BCUT2D eigenvalue weighted by atomic mass is 28.4. The van der Waals surface area contributed by atoms with Crippen molar-refractivity contribution < 1.29 is 33.0 Å². The van der Waals surface area contributed by atoms with Gasteiger partial charge < -0.3 is 28.2 Å². The normalized spacial score (nSPS) is 14.1. The minimum absolute atomic E-state index is 0.0285. The topological polar surface area (TPSA) is 100 Å². The van der Waals surface area contributed by atoms with Crippen molar-refractivity contribution >= 4 is 14.3 Å². The van der Waals surface area contributed by atoms with E-state index < -0.39 is 19.8 Å². The first-order chi connectivity index (χ1) is 18.5. The lowest BCUT2D eigenvalue weighted by molar-refractivity contribution is -0.153. The molecule has 0 amide bonds. The zero-order chi connectivity index (χ0) is 30.1. The Morgan fingerprint density at radius 1 is 1.07 bits per heavy atom. The Morgan fingerprint density at radius 2 is 1.73 bits per heavy atom. The first kappa shape index (κ1) is 33.7.